The third kappa shape index (κ3) is 12.4. The van der Waals surface area contributed by atoms with Crippen molar-refractivity contribution >= 4 is 5.97 Å². The van der Waals surface area contributed by atoms with Crippen LogP contribution in [-0.2, 0) is 23.7 Å². The Balaban J connectivity index is 3.11. The Bertz CT molecular complexity index is 220. The second kappa shape index (κ2) is 14.8. The van der Waals surface area contributed by atoms with Crippen LogP contribution in [0, 0.1) is 5.92 Å². The first kappa shape index (κ1) is 19.4. The van der Waals surface area contributed by atoms with Crippen molar-refractivity contribution in [2.75, 3.05) is 46.2 Å². The van der Waals surface area contributed by atoms with Crippen molar-refractivity contribution < 1.29 is 23.7 Å². The van der Waals surface area contributed by atoms with Crippen molar-refractivity contribution in [3.05, 3.63) is 0 Å². The SMILES string of the molecule is CCCCOCCOCCOCCOC(=O)C(C)CC. The molecule has 5 heteroatoms. The van der Waals surface area contributed by atoms with E-state index in [1.807, 2.05) is 13.8 Å². The van der Waals surface area contributed by atoms with E-state index in [4.69, 9.17) is 18.9 Å². The van der Waals surface area contributed by atoms with E-state index < -0.39 is 0 Å². The molecule has 0 heterocycles. The van der Waals surface area contributed by atoms with E-state index in [1.54, 1.807) is 0 Å². The Kier molecular flexibility index (Phi) is 14.3. The average molecular weight is 290 g/mol. The minimum atomic E-state index is -0.156. The topological polar surface area (TPSA) is 54.0 Å². The first-order valence-corrected chi connectivity index (χ1v) is 7.62. The summed E-state index contributed by atoms with van der Waals surface area (Å²) >= 11 is 0. The van der Waals surface area contributed by atoms with Gasteiger partial charge in [0.25, 0.3) is 0 Å². The van der Waals surface area contributed by atoms with E-state index in [9.17, 15) is 4.79 Å². The molecule has 1 unspecified atom stereocenters. The van der Waals surface area contributed by atoms with E-state index in [-0.39, 0.29) is 11.9 Å². The van der Waals surface area contributed by atoms with Crippen LogP contribution in [0.2, 0.25) is 0 Å². The lowest BCUT2D eigenvalue weighted by Crippen LogP contribution is -2.18. The summed E-state index contributed by atoms with van der Waals surface area (Å²) in [5.74, 6) is -0.192. The summed E-state index contributed by atoms with van der Waals surface area (Å²) in [6.45, 7) is 9.76. The van der Waals surface area contributed by atoms with Crippen molar-refractivity contribution in [3.8, 4) is 0 Å². The Morgan fingerprint density at radius 1 is 0.850 bits per heavy atom. The largest absolute Gasteiger partial charge is 0.463 e. The highest BCUT2D eigenvalue weighted by atomic mass is 16.6. The van der Waals surface area contributed by atoms with E-state index >= 15 is 0 Å². The van der Waals surface area contributed by atoms with Crippen LogP contribution in [0.15, 0.2) is 0 Å². The Morgan fingerprint density at radius 2 is 1.35 bits per heavy atom. The predicted molar refractivity (Wildman–Crippen MR) is 77.8 cm³/mol. The summed E-state index contributed by atoms with van der Waals surface area (Å²) in [7, 11) is 0. The highest BCUT2D eigenvalue weighted by Crippen LogP contribution is 2.02. The summed E-state index contributed by atoms with van der Waals surface area (Å²) < 4.78 is 21.0. The number of rotatable bonds is 14. The first-order chi connectivity index (χ1) is 9.72. The van der Waals surface area contributed by atoms with Crippen molar-refractivity contribution in [1.29, 1.82) is 0 Å². The van der Waals surface area contributed by atoms with Gasteiger partial charge < -0.3 is 18.9 Å². The van der Waals surface area contributed by atoms with Gasteiger partial charge in [-0.2, -0.15) is 0 Å². The van der Waals surface area contributed by atoms with Crippen molar-refractivity contribution in [2.45, 2.75) is 40.0 Å². The van der Waals surface area contributed by atoms with Gasteiger partial charge in [-0.05, 0) is 12.8 Å². The van der Waals surface area contributed by atoms with Gasteiger partial charge in [-0.3, -0.25) is 4.79 Å². The number of unbranched alkanes of at least 4 members (excludes halogenated alkanes) is 1. The minimum Gasteiger partial charge on any atom is -0.463 e. The molecule has 0 saturated carbocycles. The maximum absolute atomic E-state index is 11.3. The first-order valence-electron chi connectivity index (χ1n) is 7.62. The van der Waals surface area contributed by atoms with Crippen LogP contribution in [0.25, 0.3) is 0 Å². The van der Waals surface area contributed by atoms with Crippen LogP contribution in [0.5, 0.6) is 0 Å². The van der Waals surface area contributed by atoms with Crippen LogP contribution < -0.4 is 0 Å². The normalized spacial score (nSPS) is 12.3. The zero-order valence-electron chi connectivity index (χ0n) is 13.2. The molecule has 0 aliphatic carbocycles. The Hall–Kier alpha value is -0.650. The second-order valence-corrected chi connectivity index (χ2v) is 4.67. The van der Waals surface area contributed by atoms with Gasteiger partial charge in [0.1, 0.15) is 6.61 Å². The molecule has 0 aromatic heterocycles. The molecule has 0 spiro atoms. The fraction of sp³-hybridized carbons (Fsp3) is 0.933. The summed E-state index contributed by atoms with van der Waals surface area (Å²) in [4.78, 5) is 11.3. The lowest BCUT2D eigenvalue weighted by Gasteiger charge is -2.09. The van der Waals surface area contributed by atoms with Crippen LogP contribution in [0.3, 0.4) is 0 Å². The monoisotopic (exact) mass is 290 g/mol. The summed E-state index contributed by atoms with van der Waals surface area (Å²) in [6.07, 6.45) is 3.04. The average Bonchev–Trinajstić information content (AvgIpc) is 2.47. The van der Waals surface area contributed by atoms with Gasteiger partial charge in [0.05, 0.1) is 39.0 Å². The van der Waals surface area contributed by atoms with Gasteiger partial charge in [0, 0.05) is 6.61 Å². The number of ether oxygens (including phenoxy) is 4. The lowest BCUT2D eigenvalue weighted by molar-refractivity contribution is -0.149. The Morgan fingerprint density at radius 3 is 1.85 bits per heavy atom. The van der Waals surface area contributed by atoms with Crippen molar-refractivity contribution in [2.24, 2.45) is 5.92 Å². The number of esters is 1. The molecule has 0 saturated heterocycles. The summed E-state index contributed by atoms with van der Waals surface area (Å²) in [5.41, 5.74) is 0. The molecule has 120 valence electrons. The molecule has 0 N–H and O–H groups in total. The fourth-order valence-electron chi connectivity index (χ4n) is 1.30. The highest BCUT2D eigenvalue weighted by molar-refractivity contribution is 5.71. The molecule has 0 amide bonds. The molecule has 0 aliphatic heterocycles. The maximum atomic E-state index is 11.3. The minimum absolute atomic E-state index is 0.0361. The smallest absolute Gasteiger partial charge is 0.308 e. The van der Waals surface area contributed by atoms with Gasteiger partial charge in [-0.15, -0.1) is 0 Å². The standard InChI is InChI=1S/C15H30O5/c1-4-6-7-17-8-9-18-10-11-19-12-13-20-15(16)14(3)5-2/h14H,4-13H2,1-3H3. The summed E-state index contributed by atoms with van der Waals surface area (Å²) in [6, 6.07) is 0. The van der Waals surface area contributed by atoms with Crippen LogP contribution in [-0.4, -0.2) is 52.2 Å². The van der Waals surface area contributed by atoms with E-state index in [0.29, 0.717) is 39.6 Å². The maximum Gasteiger partial charge on any atom is 0.308 e. The molecule has 0 radical (unpaired) electrons. The molecule has 0 rings (SSSR count). The van der Waals surface area contributed by atoms with E-state index in [0.717, 1.165) is 25.9 Å². The zero-order valence-corrected chi connectivity index (χ0v) is 13.2. The second-order valence-electron chi connectivity index (χ2n) is 4.67. The molecular formula is C15H30O5. The molecule has 0 aliphatic rings. The van der Waals surface area contributed by atoms with Gasteiger partial charge >= 0.3 is 5.97 Å². The van der Waals surface area contributed by atoms with E-state index in [2.05, 4.69) is 6.92 Å². The van der Waals surface area contributed by atoms with E-state index in [1.165, 1.54) is 0 Å². The predicted octanol–water partition coefficient (Wildman–Crippen LogP) is 2.43. The molecule has 0 fully saturated rings. The number of carbonyl (C=O) groups excluding carboxylic acids is 1. The quantitative estimate of drug-likeness (QED) is 0.363. The molecule has 0 aromatic rings. The zero-order chi connectivity index (χ0) is 15.1. The van der Waals surface area contributed by atoms with Gasteiger partial charge in [0.15, 0.2) is 0 Å². The third-order valence-electron chi connectivity index (χ3n) is 2.87. The molecular weight excluding hydrogens is 260 g/mol. The van der Waals surface area contributed by atoms with Gasteiger partial charge in [0.2, 0.25) is 0 Å². The van der Waals surface area contributed by atoms with Crippen LogP contribution >= 0.6 is 0 Å². The fourth-order valence-corrected chi connectivity index (χ4v) is 1.30. The number of carbonyl (C=O) groups is 1. The molecule has 1 atom stereocenters. The molecule has 0 aromatic carbocycles. The Labute approximate surface area is 122 Å². The molecule has 0 bridgehead atoms. The lowest BCUT2D eigenvalue weighted by atomic mass is 10.1. The molecule has 5 nitrogen and oxygen atoms in total. The highest BCUT2D eigenvalue weighted by Gasteiger charge is 2.10. The van der Waals surface area contributed by atoms with Crippen LogP contribution in [0.4, 0.5) is 0 Å². The number of hydrogen-bond donors (Lipinski definition) is 0. The van der Waals surface area contributed by atoms with Gasteiger partial charge in [-0.1, -0.05) is 27.2 Å². The summed E-state index contributed by atoms with van der Waals surface area (Å²) in [5, 5.41) is 0. The van der Waals surface area contributed by atoms with Gasteiger partial charge in [-0.25, -0.2) is 0 Å². The van der Waals surface area contributed by atoms with Crippen molar-refractivity contribution in [1.82, 2.24) is 0 Å². The van der Waals surface area contributed by atoms with Crippen LogP contribution in [0.1, 0.15) is 40.0 Å². The third-order valence-corrected chi connectivity index (χ3v) is 2.87. The van der Waals surface area contributed by atoms with Crippen molar-refractivity contribution in [3.63, 3.8) is 0 Å². The number of hydrogen-bond acceptors (Lipinski definition) is 5. The molecule has 20 heavy (non-hydrogen) atoms.